The van der Waals surface area contributed by atoms with Gasteiger partial charge in [-0.15, -0.1) is 148 Å². The van der Waals surface area contributed by atoms with E-state index < -0.39 is 11.7 Å². The van der Waals surface area contributed by atoms with Crippen molar-refractivity contribution < 1.29 is 169 Å². The number of pyridine rings is 3. The normalized spacial score (nSPS) is 11.1. The van der Waals surface area contributed by atoms with Gasteiger partial charge in [0.2, 0.25) is 0 Å². The molecule has 0 saturated carbocycles. The Bertz CT molecular complexity index is 5750. The maximum Gasteiger partial charge on any atom is 0.381 e. The molecule has 7 heterocycles. The fourth-order valence-corrected chi connectivity index (χ4v) is 12.7. The van der Waals surface area contributed by atoms with Crippen molar-refractivity contribution in [2.45, 2.75) is 73.9 Å². The van der Waals surface area contributed by atoms with Gasteiger partial charge in [-0.3, -0.25) is 29.0 Å². The van der Waals surface area contributed by atoms with Crippen LogP contribution in [0.3, 0.4) is 0 Å². The molecule has 0 atom stereocenters. The molecule has 25 heteroatoms. The zero-order chi connectivity index (χ0) is 82.3. The first kappa shape index (κ1) is 105. The summed E-state index contributed by atoms with van der Waals surface area (Å²) in [6.07, 6.45) is 6.92. The van der Waals surface area contributed by atoms with Gasteiger partial charge in [0.15, 0.2) is 17.3 Å². The monoisotopic (exact) mass is 2720 g/mol. The number of carbonyl (C=O) groups excluding carboxylic acids is 3. The van der Waals surface area contributed by atoms with Gasteiger partial charge in [0.05, 0.1) is 28.3 Å². The van der Waals surface area contributed by atoms with E-state index in [1.165, 1.54) is 97.5 Å². The average molecular weight is 2720 g/mol. The summed E-state index contributed by atoms with van der Waals surface area (Å²) in [5.74, 6) is 0.527. The minimum absolute atomic E-state index is 0. The molecule has 0 fully saturated rings. The quantitative estimate of drug-likeness (QED) is 0.0699. The molecule has 1 aliphatic rings. The Morgan fingerprint density at radius 1 is 0.504 bits per heavy atom. The van der Waals surface area contributed by atoms with Gasteiger partial charge in [-0.25, -0.2) is 11.3 Å². The molecule has 0 saturated heterocycles. The fraction of sp³-hybridized carbons (Fsp3) is 0.115. The number of nitrogens with zero attached hydrogens (tertiary/aromatic N) is 7. The number of Topliss-reactive ketones (excluding diaryl/α,β-unsaturated/α-hetero) is 1. The molecule has 5 radical (unpaired) electrons. The van der Waals surface area contributed by atoms with E-state index in [9.17, 15) is 27.6 Å². The second-order valence-electron chi connectivity index (χ2n) is 25.8. The second-order valence-corrected chi connectivity index (χ2v) is 27.8. The van der Waals surface area contributed by atoms with Gasteiger partial charge in [0.25, 0.3) is 0 Å². The number of thiazole rings is 1. The molecule has 0 spiro atoms. The number of alkyl halides is 3. The number of fused-ring (bicyclic) bond motifs is 6. The summed E-state index contributed by atoms with van der Waals surface area (Å²) in [4.78, 5) is 53.1. The van der Waals surface area contributed by atoms with Crippen LogP contribution in [0, 0.1) is 36.4 Å². The Morgan fingerprint density at radius 2 is 1.06 bits per heavy atom. The van der Waals surface area contributed by atoms with Crippen LogP contribution in [0.15, 0.2) is 331 Å². The maximum atomic E-state index is 12.3. The van der Waals surface area contributed by atoms with Crippen LogP contribution in [0.25, 0.3) is 104 Å². The molecule has 0 bridgehead atoms. The number of aliphatic hydroxyl groups is 3. The van der Waals surface area contributed by atoms with Crippen molar-refractivity contribution in [3.05, 3.63) is 379 Å². The van der Waals surface area contributed by atoms with Gasteiger partial charge in [0.1, 0.15) is 11.5 Å². The third-order valence-electron chi connectivity index (χ3n) is 16.7. The average Bonchev–Trinajstić information content (AvgIpc) is 1.57. The number of aromatic nitrogens is 7. The van der Waals surface area contributed by atoms with Crippen LogP contribution >= 0.6 is 22.7 Å². The smallest absolute Gasteiger partial charge is 0.381 e. The molecule has 16 aromatic rings. The van der Waals surface area contributed by atoms with E-state index in [1.54, 1.807) is 72.6 Å². The summed E-state index contributed by atoms with van der Waals surface area (Å²) in [7, 11) is 0. The van der Waals surface area contributed by atoms with E-state index in [1.807, 2.05) is 150 Å². The van der Waals surface area contributed by atoms with Crippen molar-refractivity contribution >= 4 is 72.1 Å². The number of halogens is 3. The predicted molar refractivity (Wildman–Crippen MR) is 454 cm³/mol. The third kappa shape index (κ3) is 32.6. The molecule has 1 aliphatic carbocycles. The van der Waals surface area contributed by atoms with Gasteiger partial charge < -0.3 is 34.7 Å². The number of ketones is 3. The molecule has 0 unspecified atom stereocenters. The summed E-state index contributed by atoms with van der Waals surface area (Å²) >= 11 is 3.38. The predicted octanol–water partition coefficient (Wildman–Crippen LogP) is 24.4. The number of para-hydroxylation sites is 3. The molecular formula is C96H80F3Ir5N7O7PtS2-6. The minimum atomic E-state index is -4.32. The SMILES string of the molecule is CC(=O)C(C)=C(C)O.CC(=O)C=C(C)O.CC(=O)C=C(C)O.CC1(C)c2ccccc2-c2c[c-]c(-n3cccn3)cc21.FC(F)(F)c1c[c-]c(-c2ccccn2)cc1.[Ir].[Ir].[Ir].[Ir].[Ir].[Pt].[c-]1ccc2ccccc2c1-c1nc2ccccc2s1.[c-]1ccccc1-c1ccccn1.[c-]1ccccc1-c1nc2ccccc2o1.[c-]1ccsc1-c1ccccn1. The van der Waals surface area contributed by atoms with E-state index >= 15 is 0 Å². The van der Waals surface area contributed by atoms with Crippen LogP contribution in [0.4, 0.5) is 13.2 Å². The zero-order valence-corrected chi connectivity index (χ0v) is 82.3. The van der Waals surface area contributed by atoms with E-state index in [0.717, 1.165) is 72.4 Å². The van der Waals surface area contributed by atoms with Crippen LogP contribution in [0.5, 0.6) is 0 Å². The Balaban J connectivity index is 0.000000357. The van der Waals surface area contributed by atoms with E-state index in [0.29, 0.717) is 22.7 Å². The molecule has 121 heavy (non-hydrogen) atoms. The van der Waals surface area contributed by atoms with Crippen molar-refractivity contribution in [1.29, 1.82) is 0 Å². The molecule has 3 N–H and O–H groups in total. The van der Waals surface area contributed by atoms with Crippen molar-refractivity contribution in [2.75, 3.05) is 0 Å². The largest absolute Gasteiger partial charge is 0.512 e. The van der Waals surface area contributed by atoms with Gasteiger partial charge in [0, 0.05) is 180 Å². The number of hydrogen-bond acceptors (Lipinski definition) is 15. The molecular weight excluding hydrogens is 2640 g/mol. The van der Waals surface area contributed by atoms with Gasteiger partial charge in [-0.1, -0.05) is 144 Å². The number of rotatable bonds is 9. The number of oxazole rings is 1. The first-order valence-electron chi connectivity index (χ1n) is 36.0. The molecule has 14 nitrogen and oxygen atoms in total. The minimum Gasteiger partial charge on any atom is -0.512 e. The van der Waals surface area contributed by atoms with E-state index in [-0.39, 0.29) is 162 Å². The molecule has 635 valence electrons. The first-order valence-corrected chi connectivity index (χ1v) is 37.7. The van der Waals surface area contributed by atoms with Crippen LogP contribution in [-0.2, 0) is 148 Å². The number of thiophene rings is 1. The molecule has 7 aromatic heterocycles. The van der Waals surface area contributed by atoms with E-state index in [4.69, 9.17) is 24.7 Å². The van der Waals surface area contributed by atoms with Crippen molar-refractivity contribution in [1.82, 2.24) is 34.7 Å². The third-order valence-corrected chi connectivity index (χ3v) is 18.6. The van der Waals surface area contributed by atoms with Crippen LogP contribution < -0.4 is 0 Å². The topological polar surface area (TPSA) is 207 Å². The number of benzene rings is 9. The number of hydrogen-bond donors (Lipinski definition) is 3. The Labute approximate surface area is 792 Å². The van der Waals surface area contributed by atoms with Crippen LogP contribution in [0.2, 0.25) is 0 Å². The standard InChI is InChI=1S/C18H15N2.C17H10NS.C13H8NO.C12H7F3N.C11H8N.C9H6NS.C6H10O2.2C5H8O2.5Ir.Pt/c1-18(2)16-7-4-3-6-14(16)15-9-8-13(12-17(15)18)20-11-5-10-19-20;1-2-8-13-12(6-1)7-5-9-14(13)17-18-15-10-3-4-11-16(15)19-17;1-2-6-10(7-3-1)13-14-11-8-4-5-9-12(11)15-13;13-12(14,15)10-6-4-9(5-7-10)11-3-1-2-8-16-11;1-2-6-10(7-3-1)11-8-4-5-9-12-11;1-2-6-10-8(4-1)9-5-3-7-11-9;1-4(5(2)7)6(3)8;2*1-4(6)3-5(2)7;;;;;;/h3-7,9-12H,1-2H3;1-8,10-11H;1-6,8-9H;1-4,6-8H;1-6,8-9H;1-4,6-7H;7H,1-3H3;2*3,6H,1-2H3;;;;;;/q6*-1;;;;;;;;;. The molecule has 17 rings (SSSR count). The van der Waals surface area contributed by atoms with Crippen molar-refractivity contribution in [2.24, 2.45) is 0 Å². The number of aliphatic hydroxyl groups excluding tert-OH is 3. The molecule has 0 aliphatic heterocycles. The summed E-state index contributed by atoms with van der Waals surface area (Å²) in [5.41, 5.74) is 15.0. The Kier molecular flexibility index (Phi) is 46.4. The Hall–Kier alpha value is -9.68. The maximum absolute atomic E-state index is 12.3. The molecule has 0 amide bonds. The zero-order valence-electron chi connectivity index (χ0n) is 66.4. The van der Waals surface area contributed by atoms with Gasteiger partial charge in [-0.05, 0) is 136 Å². The van der Waals surface area contributed by atoms with Gasteiger partial charge >= 0.3 is 6.18 Å². The summed E-state index contributed by atoms with van der Waals surface area (Å²) in [6.45, 7) is 14.8. The summed E-state index contributed by atoms with van der Waals surface area (Å²) in [5, 5.41) is 35.2. The Morgan fingerprint density at radius 3 is 1.55 bits per heavy atom. The van der Waals surface area contributed by atoms with Crippen molar-refractivity contribution in [3.8, 4) is 71.9 Å². The van der Waals surface area contributed by atoms with Crippen molar-refractivity contribution in [3.63, 3.8) is 0 Å². The van der Waals surface area contributed by atoms with Crippen LogP contribution in [0.1, 0.15) is 79.0 Å². The first-order chi connectivity index (χ1) is 55.3. The number of carbonyl (C=O) groups is 3. The summed E-state index contributed by atoms with van der Waals surface area (Å²) in [6, 6.07) is 99.6. The van der Waals surface area contributed by atoms with E-state index in [2.05, 4.69) is 160 Å². The number of allylic oxidation sites excluding steroid dienone is 6. The second kappa shape index (κ2) is 53.3. The molecule has 9 aromatic carbocycles. The van der Waals surface area contributed by atoms with Crippen LogP contribution in [-0.4, -0.2) is 67.4 Å². The fourth-order valence-electron chi connectivity index (χ4n) is 11.1. The summed E-state index contributed by atoms with van der Waals surface area (Å²) < 4.78 is 45.6. The van der Waals surface area contributed by atoms with Gasteiger partial charge in [-0.2, -0.15) is 53.9 Å².